The average Bonchev–Trinajstić information content (AvgIpc) is 3.12. The van der Waals surface area contributed by atoms with Crippen molar-refractivity contribution in [2.75, 3.05) is 0 Å². The van der Waals surface area contributed by atoms with Gasteiger partial charge in [-0.15, -0.1) is 0 Å². The summed E-state index contributed by atoms with van der Waals surface area (Å²) < 4.78 is 35.3. The molecule has 8 nitrogen and oxygen atoms in total. The van der Waals surface area contributed by atoms with Gasteiger partial charge in [0.2, 0.25) is 0 Å². The normalized spacial score (nSPS) is 42.8. The zero-order chi connectivity index (χ0) is 22.5. The second kappa shape index (κ2) is 12.1. The van der Waals surface area contributed by atoms with Gasteiger partial charge >= 0.3 is 54.6 Å². The minimum absolute atomic E-state index is 0.617. The van der Waals surface area contributed by atoms with Crippen LogP contribution in [0.25, 0.3) is 0 Å². The van der Waals surface area contributed by atoms with Crippen LogP contribution in [0.2, 0.25) is 39.3 Å². The van der Waals surface area contributed by atoms with Crippen molar-refractivity contribution in [1.82, 2.24) is 9.96 Å². The predicted molar refractivity (Wildman–Crippen MR) is 137 cm³/mol. The van der Waals surface area contributed by atoms with E-state index in [4.69, 9.17) is 24.7 Å². The fourth-order valence-electron chi connectivity index (χ4n) is 5.17. The van der Waals surface area contributed by atoms with E-state index in [1.54, 1.807) is 0 Å². The third-order valence-corrected chi connectivity index (χ3v) is 26.7. The fraction of sp³-hybridized carbons (Fsp3) is 1.00. The van der Waals surface area contributed by atoms with E-state index in [0.717, 1.165) is 0 Å². The van der Waals surface area contributed by atoms with Crippen LogP contribution in [-0.2, 0) is 24.7 Å². The molecule has 0 aromatic rings. The maximum Gasteiger partial charge on any atom is 0.403 e. The Hall–Kier alpha value is 0.981. The lowest BCUT2D eigenvalue weighted by Crippen LogP contribution is -2.65. The Labute approximate surface area is 198 Å². The quantitative estimate of drug-likeness (QED) is 0.525. The highest BCUT2D eigenvalue weighted by molar-refractivity contribution is 6.81. The van der Waals surface area contributed by atoms with E-state index < -0.39 is 54.6 Å². The largest absolute Gasteiger partial charge is 0.420 e. The van der Waals surface area contributed by atoms with Gasteiger partial charge in [-0.05, 0) is 65.0 Å². The van der Waals surface area contributed by atoms with Gasteiger partial charge < -0.3 is 24.7 Å². The highest BCUT2D eigenvalue weighted by atomic mass is 28.5. The van der Waals surface area contributed by atoms with Crippen molar-refractivity contribution >= 4 is 54.6 Å². The molecule has 0 bridgehead atoms. The molecule has 2 saturated carbocycles. The lowest BCUT2D eigenvalue weighted by Gasteiger charge is -2.41. The Kier molecular flexibility index (Phi) is 10.4. The molecule has 2 heterocycles. The van der Waals surface area contributed by atoms with E-state index in [1.165, 1.54) is 57.8 Å². The molecule has 2 aliphatic carbocycles. The third-order valence-electron chi connectivity index (χ3n) is 6.22. The molecule has 14 heteroatoms. The lowest BCUT2D eigenvalue weighted by molar-refractivity contribution is 0.243. The molecule has 2 aliphatic heterocycles. The molecule has 0 radical (unpaired) electrons. The van der Waals surface area contributed by atoms with Gasteiger partial charge in [-0.3, -0.25) is 9.96 Å². The van der Waals surface area contributed by atoms with Crippen LogP contribution in [0.5, 0.6) is 0 Å². The summed E-state index contributed by atoms with van der Waals surface area (Å²) in [4.78, 5) is 7.32. The van der Waals surface area contributed by atoms with Gasteiger partial charge in [-0.25, -0.2) is 0 Å². The Bertz CT molecular complexity index is 537. The number of hydrogen-bond donors (Lipinski definition) is 2. The van der Waals surface area contributed by atoms with E-state index >= 15 is 0 Å². The highest BCUT2D eigenvalue weighted by Gasteiger charge is 2.44. The van der Waals surface area contributed by atoms with Gasteiger partial charge in [0.1, 0.15) is 0 Å². The maximum absolute atomic E-state index is 6.00. The summed E-state index contributed by atoms with van der Waals surface area (Å²) in [6.07, 6.45) is 11.9. The standard InChI is InChI=1S/C9H23NO3Si3.C8H21NO3Si3/c1-14-11-15(2)13-16(3,12-14)10-9-7-5-4-6-8-9;1-13-10-14(2)12-15(3,11-13)9-8-6-4-5-7-8/h9-10,14-15H,4-8H2,1-3H3;8-9,13-14H,4-7H2,1-3H3. The molecule has 2 saturated heterocycles. The number of rotatable bonds is 4. The van der Waals surface area contributed by atoms with Crippen LogP contribution in [0, 0.1) is 0 Å². The molecular weight excluding hydrogens is 497 g/mol. The summed E-state index contributed by atoms with van der Waals surface area (Å²) in [6, 6.07) is 1.24. The molecule has 0 amide bonds. The minimum atomic E-state index is -2.10. The van der Waals surface area contributed by atoms with E-state index in [9.17, 15) is 0 Å². The molecule has 31 heavy (non-hydrogen) atoms. The van der Waals surface area contributed by atoms with Crippen LogP contribution in [0.3, 0.4) is 0 Å². The predicted octanol–water partition coefficient (Wildman–Crippen LogP) is 2.09. The minimum Gasteiger partial charge on any atom is -0.420 e. The molecule has 4 rings (SSSR count). The zero-order valence-corrected chi connectivity index (χ0v) is 26.9. The highest BCUT2D eigenvalue weighted by Crippen LogP contribution is 2.23. The maximum atomic E-state index is 6.00. The van der Waals surface area contributed by atoms with Crippen molar-refractivity contribution in [3.63, 3.8) is 0 Å². The Morgan fingerprint density at radius 1 is 0.548 bits per heavy atom. The third kappa shape index (κ3) is 8.93. The average molecular weight is 541 g/mol. The number of hydrogen-bond acceptors (Lipinski definition) is 8. The summed E-state index contributed by atoms with van der Waals surface area (Å²) in [7, 11) is -9.81. The van der Waals surface area contributed by atoms with Crippen molar-refractivity contribution in [2.45, 2.75) is 109 Å². The van der Waals surface area contributed by atoms with Gasteiger partial charge in [0.25, 0.3) is 0 Å². The first-order chi connectivity index (χ1) is 14.6. The summed E-state index contributed by atoms with van der Waals surface area (Å²) >= 11 is 0. The van der Waals surface area contributed by atoms with E-state index in [-0.39, 0.29) is 0 Å². The summed E-state index contributed by atoms with van der Waals surface area (Å²) in [5, 5.41) is 0. The summed E-state index contributed by atoms with van der Waals surface area (Å²) in [5.74, 6) is 0. The van der Waals surface area contributed by atoms with Gasteiger partial charge in [0.15, 0.2) is 0 Å². The molecule has 4 fully saturated rings. The summed E-state index contributed by atoms with van der Waals surface area (Å²) in [6.45, 7) is 12.7. The zero-order valence-electron chi connectivity index (χ0n) is 20.3. The van der Waals surface area contributed by atoms with Crippen molar-refractivity contribution in [3.05, 3.63) is 0 Å². The second-order valence-corrected chi connectivity index (χ2v) is 24.4. The van der Waals surface area contributed by atoms with Crippen molar-refractivity contribution in [2.24, 2.45) is 0 Å². The molecule has 4 atom stereocenters. The van der Waals surface area contributed by atoms with Crippen LogP contribution in [0.1, 0.15) is 57.8 Å². The first-order valence-corrected chi connectivity index (χ1v) is 25.2. The second-order valence-electron chi connectivity index (χ2n) is 9.51. The molecule has 4 aliphatic rings. The van der Waals surface area contributed by atoms with Crippen LogP contribution in [0.4, 0.5) is 0 Å². The van der Waals surface area contributed by atoms with Gasteiger partial charge in [0.05, 0.1) is 0 Å². The molecule has 0 aromatic carbocycles. The first kappa shape index (κ1) is 26.6. The van der Waals surface area contributed by atoms with Crippen LogP contribution >= 0.6 is 0 Å². The molecule has 0 spiro atoms. The smallest absolute Gasteiger partial charge is 0.403 e. The van der Waals surface area contributed by atoms with E-state index in [1.807, 2.05) is 0 Å². The summed E-state index contributed by atoms with van der Waals surface area (Å²) in [5.41, 5.74) is 0. The van der Waals surface area contributed by atoms with Gasteiger partial charge in [-0.1, -0.05) is 32.1 Å². The Balaban J connectivity index is 0.000000176. The van der Waals surface area contributed by atoms with Crippen molar-refractivity contribution in [1.29, 1.82) is 0 Å². The SMILES string of the molecule is C[SiH]1O[SiH](C)O[Si](C)(NC2CCCC2)O1.C[SiH]1O[SiH](C)O[Si](C)(NC2CCCCC2)O1. The fourth-order valence-corrected chi connectivity index (χ4v) is 27.1. The van der Waals surface area contributed by atoms with Crippen molar-refractivity contribution < 1.29 is 24.7 Å². The molecule has 182 valence electrons. The van der Waals surface area contributed by atoms with Crippen molar-refractivity contribution in [3.8, 4) is 0 Å². The molecule has 2 N–H and O–H groups in total. The van der Waals surface area contributed by atoms with Crippen LogP contribution < -0.4 is 9.96 Å². The number of nitrogens with one attached hydrogen (secondary N) is 2. The van der Waals surface area contributed by atoms with E-state index in [0.29, 0.717) is 12.1 Å². The lowest BCUT2D eigenvalue weighted by atomic mass is 9.96. The van der Waals surface area contributed by atoms with Gasteiger partial charge in [0, 0.05) is 12.1 Å². The Morgan fingerprint density at radius 2 is 0.839 bits per heavy atom. The van der Waals surface area contributed by atoms with Crippen LogP contribution in [0.15, 0.2) is 0 Å². The van der Waals surface area contributed by atoms with Crippen LogP contribution in [-0.4, -0.2) is 66.7 Å². The topological polar surface area (TPSA) is 79.4 Å². The monoisotopic (exact) mass is 540 g/mol. The molecule has 4 unspecified atom stereocenters. The van der Waals surface area contributed by atoms with Gasteiger partial charge in [-0.2, -0.15) is 0 Å². The molecule has 0 aromatic heterocycles. The van der Waals surface area contributed by atoms with E-state index in [2.05, 4.69) is 49.2 Å². The first-order valence-electron chi connectivity index (χ1n) is 12.2. The Morgan fingerprint density at radius 3 is 1.16 bits per heavy atom. The molecular formula is C17H44N2O6Si6.